The smallest absolute Gasteiger partial charge is 0.356 e. The third-order valence-electron chi connectivity index (χ3n) is 4.26. The zero-order valence-electron chi connectivity index (χ0n) is 14.1. The lowest BCUT2D eigenvalue weighted by Crippen LogP contribution is -2.12. The summed E-state index contributed by atoms with van der Waals surface area (Å²) in [5.41, 5.74) is 3.74. The van der Waals surface area contributed by atoms with Gasteiger partial charge in [-0.05, 0) is 25.1 Å². The lowest BCUT2D eigenvalue weighted by Gasteiger charge is -2.19. The number of benzene rings is 2. The second-order valence-electron chi connectivity index (χ2n) is 5.89. The van der Waals surface area contributed by atoms with Crippen LogP contribution >= 0.6 is 34.8 Å². The second-order valence-corrected chi connectivity index (χ2v) is 7.14. The number of carbonyl (C=O) groups excluding carboxylic acids is 1. The molecule has 4 rings (SSSR count). The van der Waals surface area contributed by atoms with Crippen LogP contribution in [0.1, 0.15) is 23.0 Å². The molecule has 0 saturated heterocycles. The molecule has 2 aromatic carbocycles. The van der Waals surface area contributed by atoms with Crippen molar-refractivity contribution < 1.29 is 14.3 Å². The molecule has 0 saturated carbocycles. The van der Waals surface area contributed by atoms with Crippen LogP contribution < -0.4 is 4.74 Å². The molecule has 1 N–H and O–H groups in total. The minimum absolute atomic E-state index is 0.199. The molecule has 0 unspecified atom stereocenters. The van der Waals surface area contributed by atoms with Crippen LogP contribution in [-0.4, -0.2) is 22.8 Å². The standard InChI is InChI=1S/C19H13Cl3N2O3/c1-2-26-19(25)18-13-8-27-16-7-15(22)11(6-12(16)17(13)23-24-18)10-4-3-9(20)5-14(10)21/h3-7H,2,8H2,1H3,(H,23,24). The van der Waals surface area contributed by atoms with Gasteiger partial charge in [-0.25, -0.2) is 4.79 Å². The summed E-state index contributed by atoms with van der Waals surface area (Å²) in [6, 6.07) is 8.77. The first-order chi connectivity index (χ1) is 13.0. The molecular formula is C19H13Cl3N2O3. The molecular weight excluding hydrogens is 411 g/mol. The van der Waals surface area contributed by atoms with Gasteiger partial charge in [0.15, 0.2) is 5.69 Å². The minimum Gasteiger partial charge on any atom is -0.488 e. The number of ether oxygens (including phenoxy) is 2. The number of hydrogen-bond acceptors (Lipinski definition) is 4. The zero-order chi connectivity index (χ0) is 19.1. The van der Waals surface area contributed by atoms with Crippen LogP contribution in [0.3, 0.4) is 0 Å². The number of esters is 1. The van der Waals surface area contributed by atoms with Crippen molar-refractivity contribution in [1.82, 2.24) is 10.2 Å². The van der Waals surface area contributed by atoms with Gasteiger partial charge in [0.1, 0.15) is 18.1 Å². The van der Waals surface area contributed by atoms with E-state index in [2.05, 4.69) is 10.2 Å². The van der Waals surface area contributed by atoms with E-state index in [4.69, 9.17) is 44.3 Å². The molecule has 1 aromatic heterocycles. The van der Waals surface area contributed by atoms with E-state index in [1.165, 1.54) is 0 Å². The molecule has 8 heteroatoms. The molecule has 138 valence electrons. The van der Waals surface area contributed by atoms with E-state index in [-0.39, 0.29) is 13.2 Å². The van der Waals surface area contributed by atoms with Crippen molar-refractivity contribution >= 4 is 40.8 Å². The average Bonchev–Trinajstić information content (AvgIpc) is 3.06. The first-order valence-corrected chi connectivity index (χ1v) is 9.29. The molecule has 0 amide bonds. The molecule has 2 heterocycles. The quantitative estimate of drug-likeness (QED) is 0.543. The summed E-state index contributed by atoms with van der Waals surface area (Å²) in [7, 11) is 0. The number of nitrogens with zero attached hydrogens (tertiary/aromatic N) is 1. The van der Waals surface area contributed by atoms with Crippen LogP contribution in [0.5, 0.6) is 5.75 Å². The normalized spacial score (nSPS) is 12.1. The molecule has 27 heavy (non-hydrogen) atoms. The van der Waals surface area contributed by atoms with Crippen molar-refractivity contribution in [2.45, 2.75) is 13.5 Å². The van der Waals surface area contributed by atoms with E-state index >= 15 is 0 Å². The molecule has 0 fully saturated rings. The Bertz CT molecular complexity index is 1060. The number of halogens is 3. The Morgan fingerprint density at radius 3 is 2.67 bits per heavy atom. The molecule has 0 spiro atoms. The average molecular weight is 424 g/mol. The second kappa shape index (κ2) is 7.08. The summed E-state index contributed by atoms with van der Waals surface area (Å²) >= 11 is 18.8. The molecule has 3 aromatic rings. The van der Waals surface area contributed by atoms with Gasteiger partial charge in [-0.15, -0.1) is 0 Å². The number of fused-ring (bicyclic) bond motifs is 3. The Balaban J connectivity index is 1.85. The Labute approximate surface area is 170 Å². The lowest BCUT2D eigenvalue weighted by molar-refractivity contribution is 0.0516. The van der Waals surface area contributed by atoms with Crippen LogP contribution in [-0.2, 0) is 11.3 Å². The maximum Gasteiger partial charge on any atom is 0.356 e. The molecule has 1 aliphatic heterocycles. The van der Waals surface area contributed by atoms with Crippen molar-refractivity contribution in [3.8, 4) is 28.1 Å². The van der Waals surface area contributed by atoms with Gasteiger partial charge in [-0.3, -0.25) is 5.10 Å². The highest BCUT2D eigenvalue weighted by Gasteiger charge is 2.28. The molecule has 0 radical (unpaired) electrons. The third kappa shape index (κ3) is 3.16. The predicted molar refractivity (Wildman–Crippen MR) is 105 cm³/mol. The number of aromatic amines is 1. The topological polar surface area (TPSA) is 64.2 Å². The van der Waals surface area contributed by atoms with Crippen molar-refractivity contribution in [2.75, 3.05) is 6.61 Å². The number of aromatic nitrogens is 2. The highest BCUT2D eigenvalue weighted by molar-refractivity contribution is 6.38. The Morgan fingerprint density at radius 2 is 1.93 bits per heavy atom. The van der Waals surface area contributed by atoms with Crippen LogP contribution in [0.4, 0.5) is 0 Å². The monoisotopic (exact) mass is 422 g/mol. The molecule has 0 atom stereocenters. The molecule has 5 nitrogen and oxygen atoms in total. The number of H-pyrrole nitrogens is 1. The van der Waals surface area contributed by atoms with Crippen molar-refractivity contribution in [2.24, 2.45) is 0 Å². The maximum absolute atomic E-state index is 12.1. The van der Waals surface area contributed by atoms with Gasteiger partial charge >= 0.3 is 5.97 Å². The van der Waals surface area contributed by atoms with Crippen LogP contribution in [0, 0.1) is 0 Å². The first kappa shape index (κ1) is 18.2. The summed E-state index contributed by atoms with van der Waals surface area (Å²) in [5, 5.41) is 8.56. The summed E-state index contributed by atoms with van der Waals surface area (Å²) in [6.07, 6.45) is 0. The van der Waals surface area contributed by atoms with Gasteiger partial charge in [0.2, 0.25) is 0 Å². The maximum atomic E-state index is 12.1. The summed E-state index contributed by atoms with van der Waals surface area (Å²) in [4.78, 5) is 12.1. The fourth-order valence-electron chi connectivity index (χ4n) is 3.02. The van der Waals surface area contributed by atoms with Crippen LogP contribution in [0.15, 0.2) is 30.3 Å². The van der Waals surface area contributed by atoms with E-state index in [0.29, 0.717) is 48.9 Å². The summed E-state index contributed by atoms with van der Waals surface area (Å²) in [5.74, 6) is 0.122. The zero-order valence-corrected chi connectivity index (χ0v) is 16.4. The number of nitrogens with one attached hydrogen (secondary N) is 1. The fraction of sp³-hybridized carbons (Fsp3) is 0.158. The highest BCUT2D eigenvalue weighted by Crippen LogP contribution is 2.44. The molecule has 1 aliphatic rings. The first-order valence-electron chi connectivity index (χ1n) is 8.16. The summed E-state index contributed by atoms with van der Waals surface area (Å²) in [6.45, 7) is 2.22. The van der Waals surface area contributed by atoms with E-state index in [0.717, 1.165) is 5.56 Å². The minimum atomic E-state index is -0.465. The Hall–Kier alpha value is -2.21. The van der Waals surface area contributed by atoms with Gasteiger partial charge in [-0.1, -0.05) is 40.9 Å². The Kier molecular flexibility index (Phi) is 4.76. The van der Waals surface area contributed by atoms with Crippen LogP contribution in [0.2, 0.25) is 15.1 Å². The highest BCUT2D eigenvalue weighted by atomic mass is 35.5. The predicted octanol–water partition coefficient (Wildman–Crippen LogP) is 5.77. The third-order valence-corrected chi connectivity index (χ3v) is 5.12. The van der Waals surface area contributed by atoms with Crippen LogP contribution in [0.25, 0.3) is 22.4 Å². The van der Waals surface area contributed by atoms with Gasteiger partial charge in [0.25, 0.3) is 0 Å². The lowest BCUT2D eigenvalue weighted by atomic mass is 9.97. The number of hydrogen-bond donors (Lipinski definition) is 1. The van der Waals surface area contributed by atoms with E-state index in [9.17, 15) is 4.79 Å². The van der Waals surface area contributed by atoms with Gasteiger partial charge < -0.3 is 9.47 Å². The molecule has 0 aliphatic carbocycles. The Morgan fingerprint density at radius 1 is 1.15 bits per heavy atom. The van der Waals surface area contributed by atoms with E-state index in [1.807, 2.05) is 6.07 Å². The van der Waals surface area contributed by atoms with Gasteiger partial charge in [-0.2, -0.15) is 5.10 Å². The summed E-state index contributed by atoms with van der Waals surface area (Å²) < 4.78 is 10.9. The molecule has 0 bridgehead atoms. The van der Waals surface area contributed by atoms with Gasteiger partial charge in [0.05, 0.1) is 17.2 Å². The van der Waals surface area contributed by atoms with Crippen molar-refractivity contribution in [1.29, 1.82) is 0 Å². The van der Waals surface area contributed by atoms with Crippen molar-refractivity contribution in [3.63, 3.8) is 0 Å². The van der Waals surface area contributed by atoms with E-state index in [1.54, 1.807) is 31.2 Å². The van der Waals surface area contributed by atoms with Crippen molar-refractivity contribution in [3.05, 3.63) is 56.7 Å². The number of carbonyl (C=O) groups is 1. The van der Waals surface area contributed by atoms with Gasteiger partial charge in [0, 0.05) is 32.8 Å². The SMILES string of the molecule is CCOC(=O)c1[nH]nc2c1COc1cc(Cl)c(-c3ccc(Cl)cc3Cl)cc1-2. The number of rotatable bonds is 3. The largest absolute Gasteiger partial charge is 0.488 e. The van der Waals surface area contributed by atoms with E-state index < -0.39 is 5.97 Å². The fourth-order valence-corrected chi connectivity index (χ4v) is 3.79.